The van der Waals surface area contributed by atoms with Crippen molar-refractivity contribution in [2.75, 3.05) is 7.11 Å². The van der Waals surface area contributed by atoms with Gasteiger partial charge in [-0.2, -0.15) is 9.78 Å². The van der Waals surface area contributed by atoms with Crippen LogP contribution >= 0.6 is 0 Å². The van der Waals surface area contributed by atoms with Gasteiger partial charge in [0.15, 0.2) is 0 Å². The summed E-state index contributed by atoms with van der Waals surface area (Å²) in [6, 6.07) is 8.43. The number of hydrogen-bond donors (Lipinski definition) is 1. The SMILES string of the molecule is COC1(C)OOC(C)(O)C12C1CCC2c2ccccc21. The van der Waals surface area contributed by atoms with Gasteiger partial charge in [-0.25, -0.2) is 0 Å². The number of aliphatic hydroxyl groups is 1. The van der Waals surface area contributed by atoms with Gasteiger partial charge in [0.25, 0.3) is 0 Å². The van der Waals surface area contributed by atoms with Crippen molar-refractivity contribution in [1.82, 2.24) is 0 Å². The van der Waals surface area contributed by atoms with Crippen LogP contribution in [0.1, 0.15) is 49.7 Å². The Morgan fingerprint density at radius 2 is 1.65 bits per heavy atom. The van der Waals surface area contributed by atoms with E-state index in [1.54, 1.807) is 14.0 Å². The minimum Gasteiger partial charge on any atom is -0.363 e. The molecule has 1 aromatic rings. The highest BCUT2D eigenvalue weighted by molar-refractivity contribution is 5.48. The van der Waals surface area contributed by atoms with Crippen molar-refractivity contribution in [3.05, 3.63) is 35.4 Å². The molecule has 1 N–H and O–H groups in total. The lowest BCUT2D eigenvalue weighted by Crippen LogP contribution is -2.56. The van der Waals surface area contributed by atoms with Crippen molar-refractivity contribution in [3.8, 4) is 0 Å². The van der Waals surface area contributed by atoms with Gasteiger partial charge in [-0.3, -0.25) is 0 Å². The van der Waals surface area contributed by atoms with Crippen molar-refractivity contribution in [2.45, 2.75) is 50.1 Å². The molecule has 0 amide bonds. The van der Waals surface area contributed by atoms with Gasteiger partial charge in [0.05, 0.1) is 5.41 Å². The Morgan fingerprint density at radius 3 is 2.15 bits per heavy atom. The molecule has 1 saturated heterocycles. The second-order valence-electron chi connectivity index (χ2n) is 6.48. The molecule has 4 rings (SSSR count). The Labute approximate surface area is 118 Å². The van der Waals surface area contributed by atoms with Gasteiger partial charge in [-0.05, 0) is 37.8 Å². The maximum absolute atomic E-state index is 10.9. The second-order valence-corrected chi connectivity index (χ2v) is 6.48. The van der Waals surface area contributed by atoms with E-state index in [1.807, 2.05) is 6.92 Å². The van der Waals surface area contributed by atoms with E-state index in [0.717, 1.165) is 12.8 Å². The first-order valence-electron chi connectivity index (χ1n) is 7.21. The maximum atomic E-state index is 10.9. The summed E-state index contributed by atoms with van der Waals surface area (Å²) < 4.78 is 5.68. The maximum Gasteiger partial charge on any atom is 0.210 e. The first-order chi connectivity index (χ1) is 9.48. The zero-order chi connectivity index (χ0) is 14.2. The second kappa shape index (κ2) is 3.63. The molecule has 108 valence electrons. The van der Waals surface area contributed by atoms with Crippen LogP contribution < -0.4 is 0 Å². The number of methoxy groups -OCH3 is 1. The molecule has 4 atom stereocenters. The molecule has 4 heteroatoms. The molecule has 1 aliphatic heterocycles. The van der Waals surface area contributed by atoms with E-state index in [4.69, 9.17) is 14.5 Å². The van der Waals surface area contributed by atoms with Crippen molar-refractivity contribution in [1.29, 1.82) is 0 Å². The van der Waals surface area contributed by atoms with E-state index in [2.05, 4.69) is 24.3 Å². The summed E-state index contributed by atoms with van der Waals surface area (Å²) in [5.74, 6) is -1.90. The normalized spacial score (nSPS) is 49.0. The average molecular weight is 276 g/mol. The molecule has 4 unspecified atom stereocenters. The molecule has 3 aliphatic rings. The Balaban J connectivity index is 1.98. The molecule has 2 bridgehead atoms. The topological polar surface area (TPSA) is 47.9 Å². The fourth-order valence-electron chi connectivity index (χ4n) is 5.18. The van der Waals surface area contributed by atoms with Crippen molar-refractivity contribution < 1.29 is 19.6 Å². The fraction of sp³-hybridized carbons (Fsp3) is 0.625. The van der Waals surface area contributed by atoms with Crippen LogP contribution in [0, 0.1) is 5.41 Å². The number of ether oxygens (including phenoxy) is 1. The first kappa shape index (κ1) is 12.8. The number of rotatable bonds is 1. The number of fused-ring (bicyclic) bond motifs is 3. The third-order valence-electron chi connectivity index (χ3n) is 5.86. The van der Waals surface area contributed by atoms with Crippen LogP contribution in [0.25, 0.3) is 0 Å². The van der Waals surface area contributed by atoms with Crippen molar-refractivity contribution in [3.63, 3.8) is 0 Å². The Kier molecular flexibility index (Phi) is 2.32. The molecule has 4 nitrogen and oxygen atoms in total. The van der Waals surface area contributed by atoms with Crippen LogP contribution in [0.3, 0.4) is 0 Å². The molecular formula is C16H20O4. The summed E-state index contributed by atoms with van der Waals surface area (Å²) in [5, 5.41) is 10.9. The monoisotopic (exact) mass is 276 g/mol. The minimum atomic E-state index is -1.36. The van der Waals surface area contributed by atoms with Crippen LogP contribution in [0.5, 0.6) is 0 Å². The Bertz CT molecular complexity index is 536. The lowest BCUT2D eigenvalue weighted by atomic mass is 9.64. The first-order valence-corrected chi connectivity index (χ1v) is 7.21. The van der Waals surface area contributed by atoms with E-state index >= 15 is 0 Å². The van der Waals surface area contributed by atoms with Gasteiger partial charge in [0, 0.05) is 18.9 Å². The zero-order valence-electron chi connectivity index (χ0n) is 12.1. The summed E-state index contributed by atoms with van der Waals surface area (Å²) in [6.45, 7) is 3.58. The largest absolute Gasteiger partial charge is 0.363 e. The van der Waals surface area contributed by atoms with E-state index in [0.29, 0.717) is 0 Å². The van der Waals surface area contributed by atoms with Crippen LogP contribution in [0.2, 0.25) is 0 Å². The molecule has 1 aromatic carbocycles. The van der Waals surface area contributed by atoms with Gasteiger partial charge >= 0.3 is 0 Å². The molecule has 0 aromatic heterocycles. The Morgan fingerprint density at radius 1 is 1.10 bits per heavy atom. The van der Waals surface area contributed by atoms with E-state index in [1.165, 1.54) is 11.1 Å². The summed E-state index contributed by atoms with van der Waals surface area (Å²) in [6.07, 6.45) is 2.06. The molecule has 0 radical (unpaired) electrons. The fourth-order valence-corrected chi connectivity index (χ4v) is 5.18. The van der Waals surface area contributed by atoms with Gasteiger partial charge in [-0.15, -0.1) is 0 Å². The highest BCUT2D eigenvalue weighted by atomic mass is 17.3. The number of benzene rings is 1. The minimum absolute atomic E-state index is 0.200. The van der Waals surface area contributed by atoms with Crippen LogP contribution in [0.15, 0.2) is 24.3 Å². The van der Waals surface area contributed by atoms with Crippen molar-refractivity contribution >= 4 is 0 Å². The predicted octanol–water partition coefficient (Wildman–Crippen LogP) is 2.68. The summed E-state index contributed by atoms with van der Waals surface area (Å²) in [7, 11) is 1.62. The lowest BCUT2D eigenvalue weighted by Gasteiger charge is -2.44. The quantitative estimate of drug-likeness (QED) is 0.801. The Hall–Kier alpha value is -0.940. The summed E-state index contributed by atoms with van der Waals surface area (Å²) >= 11 is 0. The van der Waals surface area contributed by atoms with Crippen LogP contribution in [0.4, 0.5) is 0 Å². The van der Waals surface area contributed by atoms with Gasteiger partial charge in [0.2, 0.25) is 11.6 Å². The molecule has 2 aliphatic carbocycles. The molecule has 20 heavy (non-hydrogen) atoms. The molecule has 1 saturated carbocycles. The molecule has 1 spiro atoms. The van der Waals surface area contributed by atoms with Crippen LogP contribution in [-0.2, 0) is 14.5 Å². The summed E-state index contributed by atoms with van der Waals surface area (Å²) in [5.41, 5.74) is 2.03. The van der Waals surface area contributed by atoms with E-state index in [9.17, 15) is 5.11 Å². The van der Waals surface area contributed by atoms with Gasteiger partial charge in [0.1, 0.15) is 0 Å². The zero-order valence-corrected chi connectivity index (χ0v) is 12.1. The highest BCUT2D eigenvalue weighted by Gasteiger charge is 2.79. The van der Waals surface area contributed by atoms with Gasteiger partial charge < -0.3 is 9.84 Å². The van der Waals surface area contributed by atoms with Crippen LogP contribution in [-0.4, -0.2) is 23.8 Å². The molecular weight excluding hydrogens is 256 g/mol. The highest BCUT2D eigenvalue weighted by Crippen LogP contribution is 2.75. The van der Waals surface area contributed by atoms with Crippen molar-refractivity contribution in [2.24, 2.45) is 5.41 Å². The third-order valence-corrected chi connectivity index (χ3v) is 5.86. The summed E-state index contributed by atoms with van der Waals surface area (Å²) in [4.78, 5) is 10.8. The van der Waals surface area contributed by atoms with E-state index in [-0.39, 0.29) is 11.8 Å². The standard InChI is InChI=1S/C16H20O4/c1-14(17)16(15(2,18-3)20-19-14)12-8-9-13(16)11-7-5-4-6-10(11)12/h4-7,12-13,17H,8-9H2,1-3H3. The van der Waals surface area contributed by atoms with E-state index < -0.39 is 17.0 Å². The lowest BCUT2D eigenvalue weighted by molar-refractivity contribution is -0.418. The number of hydrogen-bond acceptors (Lipinski definition) is 4. The van der Waals surface area contributed by atoms with Gasteiger partial charge in [-0.1, -0.05) is 24.3 Å². The molecule has 1 heterocycles. The third kappa shape index (κ3) is 1.11. The average Bonchev–Trinajstić information content (AvgIpc) is 3.05. The predicted molar refractivity (Wildman–Crippen MR) is 71.8 cm³/mol. The molecule has 2 fully saturated rings. The smallest absolute Gasteiger partial charge is 0.210 e.